The highest BCUT2D eigenvalue weighted by Gasteiger charge is 2.26. The summed E-state index contributed by atoms with van der Waals surface area (Å²) in [6.45, 7) is -0.298. The molecule has 0 atom stereocenters. The van der Waals surface area contributed by atoms with Gasteiger partial charge in [0.25, 0.3) is 11.5 Å². The average molecular weight is 492 g/mol. The third-order valence-corrected chi connectivity index (χ3v) is 6.57. The van der Waals surface area contributed by atoms with Crippen molar-refractivity contribution in [1.29, 1.82) is 0 Å². The second-order valence-corrected chi connectivity index (χ2v) is 8.88. The summed E-state index contributed by atoms with van der Waals surface area (Å²) in [4.78, 5) is 52.3. The van der Waals surface area contributed by atoms with E-state index in [1.54, 1.807) is 6.08 Å². The molecule has 2 aliphatic rings. The van der Waals surface area contributed by atoms with Crippen LogP contribution >= 0.6 is 0 Å². The Bertz CT molecular complexity index is 1560. The van der Waals surface area contributed by atoms with Gasteiger partial charge in [-0.3, -0.25) is 29.4 Å². The van der Waals surface area contributed by atoms with Crippen LogP contribution < -0.4 is 16.7 Å². The van der Waals surface area contributed by atoms with Crippen molar-refractivity contribution in [2.24, 2.45) is 5.92 Å². The Morgan fingerprint density at radius 2 is 1.81 bits per heavy atom. The first kappa shape index (κ1) is 23.4. The maximum Gasteiger partial charge on any atom is 0.329 e. The van der Waals surface area contributed by atoms with Crippen LogP contribution in [0, 0.1) is 17.6 Å². The fourth-order valence-electron chi connectivity index (χ4n) is 4.65. The Labute approximate surface area is 203 Å². The summed E-state index contributed by atoms with van der Waals surface area (Å²) in [7, 11) is 0. The van der Waals surface area contributed by atoms with E-state index in [1.807, 2.05) is 0 Å². The van der Waals surface area contributed by atoms with E-state index in [0.717, 1.165) is 48.4 Å². The minimum atomic E-state index is -0.791. The fraction of sp³-hybridized carbons (Fsp3) is 0.231. The maximum absolute atomic E-state index is 14.7. The van der Waals surface area contributed by atoms with Crippen LogP contribution in [0.15, 0.2) is 70.0 Å². The number of hydrogen-bond acceptors (Lipinski definition) is 5. The third kappa shape index (κ3) is 4.37. The summed E-state index contributed by atoms with van der Waals surface area (Å²) >= 11 is 0. The minimum absolute atomic E-state index is 0.00788. The van der Waals surface area contributed by atoms with Crippen molar-refractivity contribution in [3.63, 3.8) is 0 Å². The van der Waals surface area contributed by atoms with Gasteiger partial charge in [0.05, 0.1) is 17.4 Å². The first-order chi connectivity index (χ1) is 17.3. The van der Waals surface area contributed by atoms with Gasteiger partial charge >= 0.3 is 5.69 Å². The van der Waals surface area contributed by atoms with Gasteiger partial charge in [0.2, 0.25) is 0 Å². The normalized spacial score (nSPS) is 15.7. The SMILES string of the molecule is O=C(C1=CNN(C(=O)c2ccc(F)c(Cn3c(=O)[nH]c(=O)c4cc(F)ccc43)c2)C=C1)C1CCCC1. The van der Waals surface area contributed by atoms with Gasteiger partial charge in [0, 0.05) is 35.0 Å². The Morgan fingerprint density at radius 3 is 2.53 bits per heavy atom. The van der Waals surface area contributed by atoms with Crippen LogP contribution in [0.1, 0.15) is 41.6 Å². The molecule has 1 aliphatic heterocycles. The number of halogens is 2. The molecule has 1 saturated carbocycles. The van der Waals surface area contributed by atoms with Gasteiger partial charge in [0.1, 0.15) is 11.6 Å². The highest BCUT2D eigenvalue weighted by molar-refractivity contribution is 6.01. The number of nitrogens with one attached hydrogen (secondary N) is 2. The summed E-state index contributed by atoms with van der Waals surface area (Å²) < 4.78 is 29.4. The number of amides is 1. The Kier molecular flexibility index (Phi) is 6.09. The van der Waals surface area contributed by atoms with Gasteiger partial charge in [-0.15, -0.1) is 0 Å². The van der Waals surface area contributed by atoms with Gasteiger partial charge in [0.15, 0.2) is 5.78 Å². The van der Waals surface area contributed by atoms with E-state index in [1.165, 1.54) is 35.6 Å². The third-order valence-electron chi connectivity index (χ3n) is 6.57. The Morgan fingerprint density at radius 1 is 1.03 bits per heavy atom. The van der Waals surface area contributed by atoms with Crippen LogP contribution in [0.2, 0.25) is 0 Å². The highest BCUT2D eigenvalue weighted by atomic mass is 19.1. The van der Waals surface area contributed by atoms with Crippen molar-refractivity contribution in [2.45, 2.75) is 32.2 Å². The molecule has 0 saturated heterocycles. The molecule has 0 bridgehead atoms. The molecule has 2 aromatic carbocycles. The number of fused-ring (bicyclic) bond motifs is 1. The van der Waals surface area contributed by atoms with E-state index in [2.05, 4.69) is 10.4 Å². The maximum atomic E-state index is 14.7. The molecular formula is C26H22F2N4O4. The van der Waals surface area contributed by atoms with Crippen molar-refractivity contribution < 1.29 is 18.4 Å². The van der Waals surface area contributed by atoms with Gasteiger partial charge < -0.3 is 0 Å². The second kappa shape index (κ2) is 9.37. The lowest BCUT2D eigenvalue weighted by Crippen LogP contribution is -2.38. The lowest BCUT2D eigenvalue weighted by molar-refractivity contribution is -0.118. The molecular weight excluding hydrogens is 470 g/mol. The topological polar surface area (TPSA) is 104 Å². The number of benzene rings is 2. The summed E-state index contributed by atoms with van der Waals surface area (Å²) in [5.74, 6) is -1.76. The molecule has 1 fully saturated rings. The zero-order chi connectivity index (χ0) is 25.4. The molecule has 1 aromatic heterocycles. The molecule has 0 radical (unpaired) electrons. The number of carbonyl (C=O) groups excluding carboxylic acids is 2. The molecule has 3 aromatic rings. The zero-order valence-corrected chi connectivity index (χ0v) is 19.1. The van der Waals surface area contributed by atoms with E-state index in [9.17, 15) is 28.0 Å². The molecule has 2 heterocycles. The van der Waals surface area contributed by atoms with E-state index >= 15 is 0 Å². The molecule has 1 aliphatic carbocycles. The van der Waals surface area contributed by atoms with Crippen LogP contribution in [0.25, 0.3) is 10.9 Å². The molecule has 2 N–H and O–H groups in total. The van der Waals surface area contributed by atoms with Gasteiger partial charge in [-0.2, -0.15) is 0 Å². The molecule has 5 rings (SSSR count). The van der Waals surface area contributed by atoms with Gasteiger partial charge in [-0.25, -0.2) is 18.6 Å². The highest BCUT2D eigenvalue weighted by Crippen LogP contribution is 2.28. The quantitative estimate of drug-likeness (QED) is 0.570. The number of rotatable bonds is 5. The zero-order valence-electron chi connectivity index (χ0n) is 19.1. The van der Waals surface area contributed by atoms with Crippen molar-refractivity contribution in [2.75, 3.05) is 0 Å². The number of aromatic amines is 1. The van der Waals surface area contributed by atoms with Crippen LogP contribution in [-0.2, 0) is 11.3 Å². The van der Waals surface area contributed by atoms with Crippen molar-refractivity contribution in [3.8, 4) is 0 Å². The lowest BCUT2D eigenvalue weighted by atomic mass is 9.96. The Balaban J connectivity index is 1.39. The monoisotopic (exact) mass is 492 g/mol. The first-order valence-electron chi connectivity index (χ1n) is 11.5. The summed E-state index contributed by atoms with van der Waals surface area (Å²) in [6.07, 6.45) is 8.31. The number of hydrazine groups is 1. The molecule has 36 heavy (non-hydrogen) atoms. The number of aromatic nitrogens is 2. The fourth-order valence-corrected chi connectivity index (χ4v) is 4.65. The molecule has 10 heteroatoms. The number of carbonyl (C=O) groups is 2. The molecule has 184 valence electrons. The molecule has 8 nitrogen and oxygen atoms in total. The smallest absolute Gasteiger partial charge is 0.298 e. The van der Waals surface area contributed by atoms with Crippen molar-refractivity contribution in [3.05, 3.63) is 104 Å². The van der Waals surface area contributed by atoms with Crippen LogP contribution in [0.5, 0.6) is 0 Å². The van der Waals surface area contributed by atoms with Gasteiger partial charge in [-0.05, 0) is 55.3 Å². The van der Waals surface area contributed by atoms with E-state index in [0.29, 0.717) is 5.57 Å². The Hall–Kier alpha value is -4.34. The van der Waals surface area contributed by atoms with E-state index in [4.69, 9.17) is 0 Å². The van der Waals surface area contributed by atoms with E-state index in [-0.39, 0.29) is 40.3 Å². The second-order valence-electron chi connectivity index (χ2n) is 8.88. The first-order valence-corrected chi connectivity index (χ1v) is 11.5. The van der Waals surface area contributed by atoms with Crippen molar-refractivity contribution >= 4 is 22.6 Å². The van der Waals surface area contributed by atoms with E-state index < -0.39 is 28.8 Å². The number of ketones is 1. The standard InChI is InChI=1S/C26H22F2N4O4/c27-19-6-8-22-20(12-19)24(34)30-26(36)31(22)14-18-11-16(5-7-21(18)28)25(35)32-10-9-17(13-29-32)23(33)15-3-1-2-4-15/h5-13,15,29H,1-4,14H2,(H,30,34,36). The predicted octanol–water partition coefficient (Wildman–Crippen LogP) is 3.13. The molecule has 0 spiro atoms. The average Bonchev–Trinajstić information content (AvgIpc) is 3.42. The summed E-state index contributed by atoms with van der Waals surface area (Å²) in [6, 6.07) is 7.09. The number of H-pyrrole nitrogens is 1. The molecule has 0 unspecified atom stereocenters. The number of hydrogen-bond donors (Lipinski definition) is 2. The van der Waals surface area contributed by atoms with Crippen molar-refractivity contribution in [1.82, 2.24) is 20.0 Å². The predicted molar refractivity (Wildman–Crippen MR) is 128 cm³/mol. The number of Topliss-reactive ketones (excluding diaryl/α,β-unsaturated/α-hetero) is 1. The van der Waals surface area contributed by atoms with Crippen LogP contribution in [0.3, 0.4) is 0 Å². The van der Waals surface area contributed by atoms with Crippen LogP contribution in [0.4, 0.5) is 8.78 Å². The summed E-state index contributed by atoms with van der Waals surface area (Å²) in [5, 5.41) is 1.12. The number of allylic oxidation sites excluding steroid dienone is 2. The van der Waals surface area contributed by atoms with Crippen LogP contribution in [-0.4, -0.2) is 26.3 Å². The minimum Gasteiger partial charge on any atom is -0.298 e. The molecule has 1 amide bonds. The van der Waals surface area contributed by atoms with Gasteiger partial charge in [-0.1, -0.05) is 12.8 Å². The summed E-state index contributed by atoms with van der Waals surface area (Å²) in [5.41, 5.74) is 2.03. The largest absolute Gasteiger partial charge is 0.329 e. The number of nitrogens with zero attached hydrogens (tertiary/aromatic N) is 2. The lowest BCUT2D eigenvalue weighted by Gasteiger charge is -2.23.